The maximum atomic E-state index is 12.3. The van der Waals surface area contributed by atoms with Crippen LogP contribution in [-0.4, -0.2) is 24.0 Å². The fourth-order valence-corrected chi connectivity index (χ4v) is 3.64. The summed E-state index contributed by atoms with van der Waals surface area (Å²) in [5.74, 6) is -0.0107. The van der Waals surface area contributed by atoms with E-state index < -0.39 is 0 Å². The number of amides is 1. The highest BCUT2D eigenvalue weighted by Crippen LogP contribution is 2.30. The van der Waals surface area contributed by atoms with Gasteiger partial charge in [0.25, 0.3) is 0 Å². The Balaban J connectivity index is 1.47. The van der Waals surface area contributed by atoms with E-state index in [-0.39, 0.29) is 18.6 Å². The van der Waals surface area contributed by atoms with Gasteiger partial charge in [-0.15, -0.1) is 0 Å². The summed E-state index contributed by atoms with van der Waals surface area (Å²) in [7, 11) is 0. The van der Waals surface area contributed by atoms with Gasteiger partial charge < -0.3 is 9.64 Å². The summed E-state index contributed by atoms with van der Waals surface area (Å²) in [6.45, 7) is 1.10. The van der Waals surface area contributed by atoms with E-state index in [4.69, 9.17) is 27.9 Å². The zero-order valence-electron chi connectivity index (χ0n) is 15.1. The molecule has 1 unspecified atom stereocenters. The fraction of sp³-hybridized carbons (Fsp3) is 0.174. The minimum atomic E-state index is -0.212. The minimum absolute atomic E-state index is 0.0107. The van der Waals surface area contributed by atoms with Gasteiger partial charge in [-0.1, -0.05) is 83.9 Å². The zero-order valence-corrected chi connectivity index (χ0v) is 16.7. The lowest BCUT2D eigenvalue weighted by Gasteiger charge is -2.33. The quantitative estimate of drug-likeness (QED) is 0.545. The van der Waals surface area contributed by atoms with Crippen molar-refractivity contribution in [2.75, 3.05) is 13.2 Å². The number of carbonyl (C=O) groups excluding carboxylic acids is 1. The lowest BCUT2D eigenvalue weighted by Crippen LogP contribution is -2.42. The fourth-order valence-electron chi connectivity index (χ4n) is 3.34. The van der Waals surface area contributed by atoms with Crippen LogP contribution in [0.5, 0.6) is 0 Å². The van der Waals surface area contributed by atoms with Crippen LogP contribution in [0.15, 0.2) is 72.8 Å². The molecule has 142 valence electrons. The molecule has 0 aliphatic carbocycles. The van der Waals surface area contributed by atoms with Gasteiger partial charge in [0, 0.05) is 6.54 Å². The molecule has 1 heterocycles. The van der Waals surface area contributed by atoms with E-state index in [0.29, 0.717) is 23.1 Å². The molecule has 5 heteroatoms. The Kier molecular flexibility index (Phi) is 5.67. The van der Waals surface area contributed by atoms with Gasteiger partial charge in [-0.2, -0.15) is 0 Å². The number of halogens is 2. The number of morpholine rings is 1. The van der Waals surface area contributed by atoms with Gasteiger partial charge in [-0.25, -0.2) is 0 Å². The first-order chi connectivity index (χ1) is 13.6. The standard InChI is InChI=1S/C23H19Cl2NO2/c24-20-11-10-19(12-21(20)25)22-14-26(23(27)15-28-22)13-16-6-8-18(9-7-16)17-4-2-1-3-5-17/h1-12,22H,13-15H2. The maximum Gasteiger partial charge on any atom is 0.249 e. The van der Waals surface area contributed by atoms with Crippen LogP contribution in [0.1, 0.15) is 17.2 Å². The van der Waals surface area contributed by atoms with E-state index in [9.17, 15) is 4.79 Å². The molecule has 28 heavy (non-hydrogen) atoms. The maximum absolute atomic E-state index is 12.3. The van der Waals surface area contributed by atoms with Crippen molar-refractivity contribution in [2.24, 2.45) is 0 Å². The van der Waals surface area contributed by atoms with Crippen molar-refractivity contribution in [3.63, 3.8) is 0 Å². The molecular weight excluding hydrogens is 393 g/mol. The Hall–Kier alpha value is -2.33. The first-order valence-electron chi connectivity index (χ1n) is 9.09. The van der Waals surface area contributed by atoms with Crippen molar-refractivity contribution < 1.29 is 9.53 Å². The van der Waals surface area contributed by atoms with Crippen LogP contribution in [0.3, 0.4) is 0 Å². The topological polar surface area (TPSA) is 29.5 Å². The summed E-state index contributed by atoms with van der Waals surface area (Å²) in [6, 6.07) is 24.0. The monoisotopic (exact) mass is 411 g/mol. The van der Waals surface area contributed by atoms with Gasteiger partial charge in [0.1, 0.15) is 12.7 Å². The SMILES string of the molecule is O=C1COC(c2ccc(Cl)c(Cl)c2)CN1Cc1ccc(-c2ccccc2)cc1. The van der Waals surface area contributed by atoms with Crippen LogP contribution in [0.25, 0.3) is 11.1 Å². The largest absolute Gasteiger partial charge is 0.362 e. The lowest BCUT2D eigenvalue weighted by molar-refractivity contribution is -0.150. The molecule has 0 saturated carbocycles. The molecule has 1 fully saturated rings. The molecule has 0 aromatic heterocycles. The van der Waals surface area contributed by atoms with E-state index in [1.807, 2.05) is 29.2 Å². The molecule has 3 aromatic carbocycles. The Bertz CT molecular complexity index is 974. The normalized spacial score (nSPS) is 17.0. The number of nitrogens with zero attached hydrogens (tertiary/aromatic N) is 1. The second-order valence-corrected chi connectivity index (χ2v) is 7.62. The third kappa shape index (κ3) is 4.22. The number of rotatable bonds is 4. The third-order valence-electron chi connectivity index (χ3n) is 4.90. The first-order valence-corrected chi connectivity index (χ1v) is 9.84. The van der Waals surface area contributed by atoms with Crippen molar-refractivity contribution in [3.8, 4) is 11.1 Å². The van der Waals surface area contributed by atoms with E-state index in [1.165, 1.54) is 5.56 Å². The predicted octanol–water partition coefficient (Wildman–Crippen LogP) is 5.76. The molecule has 3 nitrogen and oxygen atoms in total. The van der Waals surface area contributed by atoms with Crippen LogP contribution in [0, 0.1) is 0 Å². The average molecular weight is 412 g/mol. The van der Waals surface area contributed by atoms with Crippen molar-refractivity contribution in [1.82, 2.24) is 4.90 Å². The van der Waals surface area contributed by atoms with E-state index in [2.05, 4.69) is 36.4 Å². The predicted molar refractivity (Wildman–Crippen MR) is 112 cm³/mol. The smallest absolute Gasteiger partial charge is 0.249 e. The van der Waals surface area contributed by atoms with Crippen LogP contribution in [0.2, 0.25) is 10.0 Å². The minimum Gasteiger partial charge on any atom is -0.362 e. The van der Waals surface area contributed by atoms with Crippen molar-refractivity contribution in [2.45, 2.75) is 12.6 Å². The Morgan fingerprint density at radius 2 is 1.61 bits per heavy atom. The highest BCUT2D eigenvalue weighted by atomic mass is 35.5. The Labute approximate surface area is 174 Å². The molecule has 1 aliphatic rings. The Morgan fingerprint density at radius 1 is 0.893 bits per heavy atom. The van der Waals surface area contributed by atoms with Crippen LogP contribution in [-0.2, 0) is 16.1 Å². The summed E-state index contributed by atoms with van der Waals surface area (Å²) in [6.07, 6.45) is -0.212. The van der Waals surface area contributed by atoms with Crippen LogP contribution < -0.4 is 0 Å². The summed E-state index contributed by atoms with van der Waals surface area (Å²) in [5, 5.41) is 0.996. The second kappa shape index (κ2) is 8.36. The highest BCUT2D eigenvalue weighted by molar-refractivity contribution is 6.42. The van der Waals surface area contributed by atoms with E-state index in [0.717, 1.165) is 16.7 Å². The Morgan fingerprint density at radius 3 is 2.32 bits per heavy atom. The average Bonchev–Trinajstić information content (AvgIpc) is 2.73. The molecule has 0 N–H and O–H groups in total. The molecule has 4 rings (SSSR count). The van der Waals surface area contributed by atoms with Crippen LogP contribution >= 0.6 is 23.2 Å². The van der Waals surface area contributed by atoms with Crippen molar-refractivity contribution in [1.29, 1.82) is 0 Å². The van der Waals surface area contributed by atoms with Gasteiger partial charge in [0.2, 0.25) is 5.91 Å². The zero-order chi connectivity index (χ0) is 19.5. The van der Waals surface area contributed by atoms with Gasteiger partial charge >= 0.3 is 0 Å². The number of hydrogen-bond donors (Lipinski definition) is 0. The molecule has 1 atom stereocenters. The number of benzene rings is 3. The molecule has 1 amide bonds. The molecule has 0 spiro atoms. The van der Waals surface area contributed by atoms with Crippen LogP contribution in [0.4, 0.5) is 0 Å². The first kappa shape index (κ1) is 19.0. The third-order valence-corrected chi connectivity index (χ3v) is 5.64. The molecule has 1 saturated heterocycles. The summed E-state index contributed by atoms with van der Waals surface area (Å²) in [5.41, 5.74) is 4.34. The van der Waals surface area contributed by atoms with Gasteiger partial charge in [-0.05, 0) is 34.4 Å². The van der Waals surface area contributed by atoms with E-state index in [1.54, 1.807) is 12.1 Å². The summed E-state index contributed by atoms with van der Waals surface area (Å²) < 4.78 is 5.72. The summed E-state index contributed by atoms with van der Waals surface area (Å²) in [4.78, 5) is 14.2. The highest BCUT2D eigenvalue weighted by Gasteiger charge is 2.27. The molecular formula is C23H19Cl2NO2. The van der Waals surface area contributed by atoms with Crippen molar-refractivity contribution >= 4 is 29.1 Å². The lowest BCUT2D eigenvalue weighted by atomic mass is 10.0. The number of carbonyl (C=O) groups is 1. The molecule has 1 aliphatic heterocycles. The molecule has 0 bridgehead atoms. The van der Waals surface area contributed by atoms with Gasteiger partial charge in [-0.3, -0.25) is 4.79 Å². The number of hydrogen-bond acceptors (Lipinski definition) is 2. The van der Waals surface area contributed by atoms with Crippen molar-refractivity contribution in [3.05, 3.63) is 94.0 Å². The molecule has 3 aromatic rings. The van der Waals surface area contributed by atoms with E-state index >= 15 is 0 Å². The van der Waals surface area contributed by atoms with Gasteiger partial charge in [0.05, 0.1) is 16.6 Å². The second-order valence-electron chi connectivity index (χ2n) is 6.81. The number of ether oxygens (including phenoxy) is 1. The molecule has 0 radical (unpaired) electrons. The van der Waals surface area contributed by atoms with Gasteiger partial charge in [0.15, 0.2) is 0 Å². The summed E-state index contributed by atoms with van der Waals surface area (Å²) >= 11 is 12.1.